The fourth-order valence-electron chi connectivity index (χ4n) is 11.1. The first kappa shape index (κ1) is 90.1. The molecule has 0 bridgehead atoms. The molecule has 0 aromatic heterocycles. The predicted octanol–water partition coefficient (Wildman–Crippen LogP) is 21.2. The van der Waals surface area contributed by atoms with E-state index in [9.17, 15) is 43.2 Å². The zero-order chi connectivity index (χ0) is 67.9. The third-order valence-corrected chi connectivity index (χ3v) is 18.9. The fourth-order valence-corrected chi connectivity index (χ4v) is 12.7. The summed E-state index contributed by atoms with van der Waals surface area (Å²) in [6.45, 7) is 9.54. The van der Waals surface area contributed by atoms with Gasteiger partial charge in [-0.1, -0.05) is 324 Å². The van der Waals surface area contributed by atoms with Gasteiger partial charge in [-0.05, 0) is 37.5 Å². The van der Waals surface area contributed by atoms with Crippen molar-refractivity contribution in [3.05, 3.63) is 0 Å². The summed E-state index contributed by atoms with van der Waals surface area (Å²) in [6, 6.07) is 0. The Bertz CT molecular complexity index is 1790. The van der Waals surface area contributed by atoms with Crippen LogP contribution in [0.5, 0.6) is 0 Å². The molecule has 0 aliphatic rings. The summed E-state index contributed by atoms with van der Waals surface area (Å²) in [4.78, 5) is 72.7. The first-order valence-electron chi connectivity index (χ1n) is 38.0. The Labute approximate surface area is 562 Å². The second kappa shape index (κ2) is 65.0. The zero-order valence-corrected chi connectivity index (χ0v) is 61.6. The van der Waals surface area contributed by atoms with Crippen LogP contribution in [0, 0.1) is 11.8 Å². The number of carbonyl (C=O) groups is 4. The molecular weight excluding hydrogens is 1210 g/mol. The number of aliphatic hydroxyl groups excluding tert-OH is 1. The first-order chi connectivity index (χ1) is 44.4. The van der Waals surface area contributed by atoms with Gasteiger partial charge < -0.3 is 33.8 Å². The normalized spacial score (nSPS) is 14.1. The van der Waals surface area contributed by atoms with Crippen LogP contribution < -0.4 is 0 Å². The third-order valence-electron chi connectivity index (χ3n) is 17.0. The molecule has 0 spiro atoms. The van der Waals surface area contributed by atoms with Gasteiger partial charge in [-0.2, -0.15) is 0 Å². The SMILES string of the molecule is CCCCCCCCCCCCCCCCC(=O)OC[C@H](COP(=O)(O)OC[C@@H](O)COP(=O)(O)OC[C@@H](COC(=O)CCCCCCCCCCC(C)C)OC(=O)CCCCCCCCCCCCC(C)C)OC(=O)CCCCCCCCCCCCCCCC. The lowest BCUT2D eigenvalue weighted by Gasteiger charge is -2.21. The molecule has 0 aliphatic heterocycles. The monoisotopic (exact) mass is 1350 g/mol. The molecule has 0 saturated heterocycles. The van der Waals surface area contributed by atoms with Gasteiger partial charge in [0.05, 0.1) is 26.4 Å². The van der Waals surface area contributed by atoms with E-state index < -0.39 is 97.5 Å². The highest BCUT2D eigenvalue weighted by atomic mass is 31.2. The molecule has 0 aromatic rings. The molecule has 19 heteroatoms. The van der Waals surface area contributed by atoms with Crippen LogP contribution in [-0.4, -0.2) is 96.7 Å². The van der Waals surface area contributed by atoms with Gasteiger partial charge in [0.25, 0.3) is 0 Å². The number of unbranched alkanes of at least 4 members (excludes halogenated alkanes) is 42. The molecule has 0 radical (unpaired) electrons. The summed E-state index contributed by atoms with van der Waals surface area (Å²) in [5.41, 5.74) is 0. The molecule has 5 atom stereocenters. The van der Waals surface area contributed by atoms with E-state index in [1.165, 1.54) is 193 Å². The third kappa shape index (κ3) is 66.7. The number of phosphoric ester groups is 2. The maximum absolute atomic E-state index is 13.1. The molecule has 0 amide bonds. The van der Waals surface area contributed by atoms with E-state index in [1.54, 1.807) is 0 Å². The van der Waals surface area contributed by atoms with Crippen LogP contribution in [0.4, 0.5) is 0 Å². The Morgan fingerprint density at radius 3 is 0.739 bits per heavy atom. The van der Waals surface area contributed by atoms with Gasteiger partial charge >= 0.3 is 39.5 Å². The smallest absolute Gasteiger partial charge is 0.462 e. The molecule has 0 aromatic carbocycles. The van der Waals surface area contributed by atoms with Crippen molar-refractivity contribution >= 4 is 39.5 Å². The van der Waals surface area contributed by atoms with Gasteiger partial charge in [-0.15, -0.1) is 0 Å². The highest BCUT2D eigenvalue weighted by molar-refractivity contribution is 7.47. The summed E-state index contributed by atoms with van der Waals surface area (Å²) >= 11 is 0. The van der Waals surface area contributed by atoms with Crippen molar-refractivity contribution in [3.63, 3.8) is 0 Å². The van der Waals surface area contributed by atoms with Gasteiger partial charge in [0.15, 0.2) is 12.2 Å². The van der Waals surface area contributed by atoms with E-state index in [2.05, 4.69) is 41.5 Å². The molecule has 0 saturated carbocycles. The summed E-state index contributed by atoms with van der Waals surface area (Å²) in [5, 5.41) is 10.6. The quantitative estimate of drug-likeness (QED) is 0.0222. The van der Waals surface area contributed by atoms with E-state index in [-0.39, 0.29) is 25.7 Å². The van der Waals surface area contributed by atoms with Crippen LogP contribution in [0.2, 0.25) is 0 Å². The number of aliphatic hydroxyl groups is 1. The Kier molecular flexibility index (Phi) is 63.7. The Morgan fingerprint density at radius 2 is 0.500 bits per heavy atom. The van der Waals surface area contributed by atoms with Crippen molar-refractivity contribution in [1.82, 2.24) is 0 Å². The number of hydrogen-bond acceptors (Lipinski definition) is 15. The van der Waals surface area contributed by atoms with E-state index in [1.807, 2.05) is 0 Å². The second-order valence-corrected chi connectivity index (χ2v) is 30.2. The number of hydrogen-bond donors (Lipinski definition) is 3. The van der Waals surface area contributed by atoms with Crippen molar-refractivity contribution in [2.24, 2.45) is 11.8 Å². The van der Waals surface area contributed by atoms with Crippen molar-refractivity contribution in [3.8, 4) is 0 Å². The molecule has 3 N–H and O–H groups in total. The van der Waals surface area contributed by atoms with Gasteiger partial charge in [0.2, 0.25) is 0 Å². The molecule has 2 unspecified atom stereocenters. The summed E-state index contributed by atoms with van der Waals surface area (Å²) < 4.78 is 68.4. The molecule has 546 valence electrons. The summed E-state index contributed by atoms with van der Waals surface area (Å²) in [7, 11) is -9.91. The molecule has 0 fully saturated rings. The van der Waals surface area contributed by atoms with Crippen LogP contribution in [0.25, 0.3) is 0 Å². The van der Waals surface area contributed by atoms with Crippen molar-refractivity contribution in [2.75, 3.05) is 39.6 Å². The minimum atomic E-state index is -4.95. The molecule has 0 rings (SSSR count). The van der Waals surface area contributed by atoms with Crippen LogP contribution in [0.1, 0.15) is 375 Å². The highest BCUT2D eigenvalue weighted by Crippen LogP contribution is 2.45. The van der Waals surface area contributed by atoms with Crippen molar-refractivity contribution < 1.29 is 80.2 Å². The van der Waals surface area contributed by atoms with E-state index in [0.717, 1.165) is 102 Å². The standard InChI is InChI=1S/C73H142O17P2/c1-7-9-11-13-15-17-19-21-23-25-30-37-43-49-55-70(75)83-61-68(89-72(77)57-51-45-39-31-26-24-22-20-18-16-14-12-10-8-2)63-87-91(79,80)85-59-67(74)60-86-92(81,82)88-64-69(62-84-71(76)56-50-44-38-34-33-36-42-48-54-66(5)6)90-73(78)58-52-46-40-32-28-27-29-35-41-47-53-65(3)4/h65-69,74H,7-64H2,1-6H3,(H,79,80)(H,81,82)/t67-,68-,69-/m1/s1. The van der Waals surface area contributed by atoms with Gasteiger partial charge in [-0.25, -0.2) is 9.13 Å². The summed E-state index contributed by atoms with van der Waals surface area (Å²) in [5.74, 6) is -0.640. The Morgan fingerprint density at radius 1 is 0.293 bits per heavy atom. The van der Waals surface area contributed by atoms with E-state index >= 15 is 0 Å². The minimum absolute atomic E-state index is 0.105. The minimum Gasteiger partial charge on any atom is -0.462 e. The van der Waals surface area contributed by atoms with Gasteiger partial charge in [-0.3, -0.25) is 37.3 Å². The largest absolute Gasteiger partial charge is 0.472 e. The Hall–Kier alpha value is -1.94. The van der Waals surface area contributed by atoms with Crippen LogP contribution in [0.15, 0.2) is 0 Å². The topological polar surface area (TPSA) is 237 Å². The van der Waals surface area contributed by atoms with Gasteiger partial charge in [0, 0.05) is 25.7 Å². The lowest BCUT2D eigenvalue weighted by atomic mass is 10.0. The van der Waals surface area contributed by atoms with E-state index in [0.29, 0.717) is 25.7 Å². The lowest BCUT2D eigenvalue weighted by molar-refractivity contribution is -0.161. The van der Waals surface area contributed by atoms with Crippen molar-refractivity contribution in [2.45, 2.75) is 394 Å². The number of rotatable bonds is 72. The van der Waals surface area contributed by atoms with Gasteiger partial charge in [0.1, 0.15) is 19.3 Å². The molecule has 92 heavy (non-hydrogen) atoms. The first-order valence-corrected chi connectivity index (χ1v) is 41.0. The molecule has 17 nitrogen and oxygen atoms in total. The molecule has 0 heterocycles. The van der Waals surface area contributed by atoms with Crippen LogP contribution >= 0.6 is 15.6 Å². The lowest BCUT2D eigenvalue weighted by Crippen LogP contribution is -2.30. The average molecular weight is 1350 g/mol. The number of ether oxygens (including phenoxy) is 4. The van der Waals surface area contributed by atoms with E-state index in [4.69, 9.17) is 37.0 Å². The average Bonchev–Trinajstić information content (AvgIpc) is 2.62. The molecule has 0 aliphatic carbocycles. The molecular formula is C73H142O17P2. The number of esters is 4. The maximum Gasteiger partial charge on any atom is 0.472 e. The zero-order valence-electron chi connectivity index (χ0n) is 59.9. The Balaban J connectivity index is 5.26. The fraction of sp³-hybridized carbons (Fsp3) is 0.945. The second-order valence-electron chi connectivity index (χ2n) is 27.3. The highest BCUT2D eigenvalue weighted by Gasteiger charge is 2.30. The van der Waals surface area contributed by atoms with Crippen molar-refractivity contribution in [1.29, 1.82) is 0 Å². The predicted molar refractivity (Wildman–Crippen MR) is 372 cm³/mol. The summed E-state index contributed by atoms with van der Waals surface area (Å²) in [6.07, 6.45) is 51.2. The number of carbonyl (C=O) groups excluding carboxylic acids is 4. The van der Waals surface area contributed by atoms with Crippen LogP contribution in [0.3, 0.4) is 0 Å². The maximum atomic E-state index is 13.1. The van der Waals surface area contributed by atoms with Crippen LogP contribution in [-0.2, 0) is 65.4 Å². The number of phosphoric acid groups is 2.